The normalized spacial score (nSPS) is 11.3. The summed E-state index contributed by atoms with van der Waals surface area (Å²) >= 11 is 0. The molecule has 1 unspecified atom stereocenters. The average Bonchev–Trinajstić information content (AvgIpc) is 2.94. The monoisotopic (exact) mass is 543 g/mol. The van der Waals surface area contributed by atoms with Gasteiger partial charge in [0.15, 0.2) is 0 Å². The highest BCUT2D eigenvalue weighted by Crippen LogP contribution is 2.31. The Labute approximate surface area is 229 Å². The van der Waals surface area contributed by atoms with Crippen LogP contribution < -0.4 is 26.4 Å². The van der Waals surface area contributed by atoms with Gasteiger partial charge in [0.25, 0.3) is 0 Å². The number of hydroxylamine groups is 1. The maximum absolute atomic E-state index is 11.3. The first kappa shape index (κ1) is 33.3. The van der Waals surface area contributed by atoms with Gasteiger partial charge in [0.05, 0.1) is 20.3 Å². The standard InChI is InChI=1S/C23H26NO5.C6H14N2O2/c1-16(2)4-12-21-19(14-25)8-7-18(9-13-22(26)24-27)23(21)29-15-17-5-10-20(28-3)11-6-17;7-4-2-1-3-5(8)6(9)10/h4-11,13,25H,12,14-15H2,1-3H3,(H-,24,26,27);5H,1-4,7-8H2,(H,9,10)/q-1;/p+1/b13-9+;. The summed E-state index contributed by atoms with van der Waals surface area (Å²) in [5, 5.41) is 28.6. The smallest absolute Gasteiger partial charge is 0.320 e. The predicted molar refractivity (Wildman–Crippen MR) is 151 cm³/mol. The number of carbonyl (C=O) groups is 2. The lowest BCUT2D eigenvalue weighted by atomic mass is 9.98. The zero-order valence-electron chi connectivity index (χ0n) is 22.9. The van der Waals surface area contributed by atoms with Crippen LogP contribution in [0.15, 0.2) is 54.1 Å². The minimum absolute atomic E-state index is 0.129. The zero-order chi connectivity index (χ0) is 29.2. The number of rotatable bonds is 14. The van der Waals surface area contributed by atoms with Gasteiger partial charge in [-0.1, -0.05) is 35.9 Å². The lowest BCUT2D eigenvalue weighted by molar-refractivity contribution is -0.368. The lowest BCUT2D eigenvalue weighted by Gasteiger charge is -2.17. The number of hydrogen-bond acceptors (Lipinski definition) is 7. The number of carboxylic acids is 1. The molecule has 1 atom stereocenters. The van der Waals surface area contributed by atoms with Gasteiger partial charge in [-0.25, -0.2) is 0 Å². The Morgan fingerprint density at radius 2 is 1.85 bits per heavy atom. The predicted octanol–water partition coefficient (Wildman–Crippen LogP) is 2.71. The minimum atomic E-state index is -0.913. The molecule has 10 nitrogen and oxygen atoms in total. The van der Waals surface area contributed by atoms with Gasteiger partial charge in [0.1, 0.15) is 24.1 Å². The molecule has 8 N–H and O–H groups in total. The van der Waals surface area contributed by atoms with Crippen molar-refractivity contribution in [1.29, 1.82) is 0 Å². The van der Waals surface area contributed by atoms with Crippen LogP contribution in [0.4, 0.5) is 0 Å². The number of quaternary nitrogens is 1. The number of carbonyl (C=O) groups excluding carboxylic acids is 1. The summed E-state index contributed by atoms with van der Waals surface area (Å²) in [5.74, 6) is -0.334. The molecule has 0 bridgehead atoms. The second kappa shape index (κ2) is 18.5. The molecule has 0 aliphatic carbocycles. The number of allylic oxidation sites excluding steroid dienone is 2. The third-order valence-electron chi connectivity index (χ3n) is 5.66. The number of hydrogen-bond donors (Lipinski definition) is 5. The molecule has 2 rings (SSSR count). The molecule has 39 heavy (non-hydrogen) atoms. The van der Waals surface area contributed by atoms with E-state index in [1.807, 2.05) is 44.2 Å². The summed E-state index contributed by atoms with van der Waals surface area (Å²) in [6, 6.07) is 10.4. The second-order valence-electron chi connectivity index (χ2n) is 9.00. The fourth-order valence-corrected chi connectivity index (χ4v) is 3.41. The third-order valence-corrected chi connectivity index (χ3v) is 5.66. The van der Waals surface area contributed by atoms with Gasteiger partial charge in [-0.2, -0.15) is 0 Å². The van der Waals surface area contributed by atoms with Crippen LogP contribution >= 0.6 is 0 Å². The molecule has 10 heteroatoms. The van der Waals surface area contributed by atoms with Crippen molar-refractivity contribution >= 4 is 18.0 Å². The number of nitrogens with one attached hydrogen (secondary N) is 1. The SMILES string of the molecule is COc1ccc(COc2c(/C=C/C(=O)N[O-])ccc(CO)c2CC=C(C)C)cc1.NC(CCCC[NH3+])C(=O)O. The van der Waals surface area contributed by atoms with E-state index in [1.165, 1.54) is 11.6 Å². The van der Waals surface area contributed by atoms with E-state index in [4.69, 9.17) is 20.3 Å². The summed E-state index contributed by atoms with van der Waals surface area (Å²) in [6.45, 7) is 5.02. The van der Waals surface area contributed by atoms with Gasteiger partial charge in [-0.15, -0.1) is 0 Å². The van der Waals surface area contributed by atoms with Crippen molar-refractivity contribution in [2.45, 2.75) is 58.8 Å². The Morgan fingerprint density at radius 3 is 2.38 bits per heavy atom. The van der Waals surface area contributed by atoms with Gasteiger partial charge in [0, 0.05) is 17.2 Å². The summed E-state index contributed by atoms with van der Waals surface area (Å²) < 4.78 is 11.3. The second-order valence-corrected chi connectivity index (χ2v) is 9.00. The molecule has 0 aliphatic rings. The number of methoxy groups -OCH3 is 1. The highest BCUT2D eigenvalue weighted by Gasteiger charge is 2.14. The number of ether oxygens (including phenoxy) is 2. The number of aliphatic hydroxyl groups is 1. The van der Waals surface area contributed by atoms with Crippen LogP contribution in [0.3, 0.4) is 0 Å². The molecule has 0 saturated carbocycles. The average molecular weight is 544 g/mol. The molecule has 0 spiro atoms. The molecular formula is C29H41N3O7. The van der Waals surface area contributed by atoms with Crippen LogP contribution in [0.25, 0.3) is 6.08 Å². The van der Waals surface area contributed by atoms with E-state index in [-0.39, 0.29) is 6.61 Å². The third kappa shape index (κ3) is 12.6. The summed E-state index contributed by atoms with van der Waals surface area (Å²) in [7, 11) is 1.61. The molecule has 2 aromatic rings. The van der Waals surface area contributed by atoms with Crippen molar-refractivity contribution < 1.29 is 35.0 Å². The number of benzene rings is 2. The molecule has 2 aromatic carbocycles. The van der Waals surface area contributed by atoms with E-state index in [0.29, 0.717) is 30.8 Å². The first-order valence-electron chi connectivity index (χ1n) is 12.7. The fraction of sp³-hybridized carbons (Fsp3) is 0.379. The van der Waals surface area contributed by atoms with Gasteiger partial charge in [-0.3, -0.25) is 9.59 Å². The van der Waals surface area contributed by atoms with Crippen molar-refractivity contribution in [3.8, 4) is 11.5 Å². The highest BCUT2D eigenvalue weighted by atomic mass is 16.5. The van der Waals surface area contributed by atoms with Crippen molar-refractivity contribution in [3.63, 3.8) is 0 Å². The Morgan fingerprint density at radius 1 is 1.15 bits per heavy atom. The van der Waals surface area contributed by atoms with E-state index in [1.54, 1.807) is 19.2 Å². The first-order valence-corrected chi connectivity index (χ1v) is 12.7. The Bertz CT molecular complexity index is 1090. The molecular weight excluding hydrogens is 502 g/mol. The summed E-state index contributed by atoms with van der Waals surface area (Å²) in [4.78, 5) is 21.5. The van der Waals surface area contributed by atoms with Gasteiger partial charge >= 0.3 is 5.97 Å². The number of amides is 1. The van der Waals surface area contributed by atoms with Crippen molar-refractivity contribution in [1.82, 2.24) is 5.48 Å². The molecule has 0 heterocycles. The van der Waals surface area contributed by atoms with Crippen LogP contribution in [-0.2, 0) is 29.2 Å². The molecule has 0 fully saturated rings. The number of carboxylic acid groups (broad SMARTS) is 1. The van der Waals surface area contributed by atoms with Crippen LogP contribution in [0.1, 0.15) is 55.4 Å². The molecule has 1 amide bonds. The lowest BCUT2D eigenvalue weighted by Crippen LogP contribution is -2.50. The van der Waals surface area contributed by atoms with Gasteiger partial charge in [-0.05, 0) is 68.9 Å². The number of aliphatic carboxylic acids is 1. The molecule has 214 valence electrons. The van der Waals surface area contributed by atoms with Crippen molar-refractivity contribution in [2.75, 3.05) is 13.7 Å². The van der Waals surface area contributed by atoms with Gasteiger partial charge < -0.3 is 41.8 Å². The van der Waals surface area contributed by atoms with Crippen LogP contribution in [0, 0.1) is 5.21 Å². The molecule has 0 aliphatic heterocycles. The highest BCUT2D eigenvalue weighted by molar-refractivity contribution is 5.92. The maximum atomic E-state index is 11.3. The van der Waals surface area contributed by atoms with E-state index in [9.17, 15) is 19.9 Å². The quantitative estimate of drug-likeness (QED) is 0.104. The number of aliphatic hydroxyl groups excluding tert-OH is 1. The van der Waals surface area contributed by atoms with E-state index in [0.717, 1.165) is 53.5 Å². The van der Waals surface area contributed by atoms with E-state index < -0.39 is 17.9 Å². The summed E-state index contributed by atoms with van der Waals surface area (Å²) in [6.07, 6.45) is 7.69. The first-order chi connectivity index (χ1) is 18.7. The molecule has 0 saturated heterocycles. The topological polar surface area (TPSA) is 182 Å². The number of unbranched alkanes of at least 4 members (excludes halogenated alkanes) is 1. The fourth-order valence-electron chi connectivity index (χ4n) is 3.41. The molecule has 0 radical (unpaired) electrons. The van der Waals surface area contributed by atoms with Crippen molar-refractivity contribution in [3.05, 3.63) is 81.6 Å². The Balaban J connectivity index is 0.000000646. The zero-order valence-corrected chi connectivity index (χ0v) is 22.9. The maximum Gasteiger partial charge on any atom is 0.320 e. The van der Waals surface area contributed by atoms with E-state index >= 15 is 0 Å². The Hall–Kier alpha value is -3.70. The number of nitrogens with two attached hydrogens (primary N) is 1. The largest absolute Gasteiger partial charge is 0.759 e. The van der Waals surface area contributed by atoms with Gasteiger partial charge in [0.2, 0.25) is 5.91 Å². The Kier molecular flexibility index (Phi) is 15.8. The van der Waals surface area contributed by atoms with E-state index in [2.05, 4.69) is 5.73 Å². The van der Waals surface area contributed by atoms with Crippen LogP contribution in [-0.4, -0.2) is 41.8 Å². The summed E-state index contributed by atoms with van der Waals surface area (Å²) in [5.41, 5.74) is 14.5. The molecule has 0 aromatic heterocycles. The van der Waals surface area contributed by atoms with Crippen LogP contribution in [0.2, 0.25) is 0 Å². The van der Waals surface area contributed by atoms with Crippen LogP contribution in [0.5, 0.6) is 11.5 Å². The van der Waals surface area contributed by atoms with Crippen molar-refractivity contribution in [2.24, 2.45) is 5.73 Å². The minimum Gasteiger partial charge on any atom is -0.759 e.